The molecule has 0 bridgehead atoms. The molecule has 0 aliphatic rings. The van der Waals surface area contributed by atoms with E-state index in [-0.39, 0.29) is 10.8 Å². The van der Waals surface area contributed by atoms with E-state index in [1.54, 1.807) is 107 Å². The highest BCUT2D eigenvalue weighted by molar-refractivity contribution is 9.10. The molecule has 0 aliphatic heterocycles. The molecule has 0 radical (unpaired) electrons. The Hall–Kier alpha value is 13.9. The van der Waals surface area contributed by atoms with Crippen molar-refractivity contribution in [2.45, 2.75) is 59.3 Å². The van der Waals surface area contributed by atoms with E-state index in [1.165, 1.54) is 23.5 Å². The summed E-state index contributed by atoms with van der Waals surface area (Å²) >= 11 is 13.2. The molecule has 75 heteroatoms. The van der Waals surface area contributed by atoms with Crippen LogP contribution in [0.4, 0.5) is 0 Å². The maximum absolute atomic E-state index is 4.83. The third-order valence-corrected chi connectivity index (χ3v) is 156. The van der Waals surface area contributed by atoms with Crippen LogP contribution in [0.25, 0.3) is 16.6 Å². The van der Waals surface area contributed by atoms with Crippen LogP contribution in [0, 0.1) is 6.92 Å². The first-order valence-electron chi connectivity index (χ1n) is 19.4. The van der Waals surface area contributed by atoms with Gasteiger partial charge in [0.2, 0.25) is 0 Å². The summed E-state index contributed by atoms with van der Waals surface area (Å²) in [6, 6.07) is 2.18. The lowest BCUT2D eigenvalue weighted by Crippen LogP contribution is -2.19. The molecule has 0 saturated carbocycles. The van der Waals surface area contributed by atoms with Crippen LogP contribution in [-0.4, -0.2) is 19.4 Å². The van der Waals surface area contributed by atoms with Gasteiger partial charge in [-0.05, 0) is 28.9 Å². The Balaban J connectivity index is 0.00000105. The maximum Gasteiger partial charge on any atom is 0.149 e. The zero-order chi connectivity index (χ0) is 67.2. The Labute approximate surface area is 750 Å². The molecule has 0 aromatic carbocycles. The predicted molar refractivity (Wildman–Crippen MR) is 614 cm³/mol. The Morgan fingerprint density at radius 2 is 0.495 bits per heavy atom. The highest BCUT2D eigenvalue weighted by Gasteiger charge is 2.24. The summed E-state index contributed by atoms with van der Waals surface area (Å²) in [5.74, 6) is 0.858. The summed E-state index contributed by atoms with van der Waals surface area (Å²) in [5, 5.41) is 0.986. The predicted octanol–water partition coefficient (Wildman–Crippen LogP) is 4.78. The number of pyridine rings is 1. The molecule has 4 nitrogen and oxygen atoms in total. The van der Waals surface area contributed by atoms with Crippen LogP contribution in [0.5, 0.6) is 0 Å². The van der Waals surface area contributed by atoms with Crippen LogP contribution in [0.15, 0.2) is 16.9 Å². The highest BCUT2D eigenvalue weighted by Crippen LogP contribution is 2.32. The molecule has 3 rings (SSSR count). The second-order valence-corrected chi connectivity index (χ2v) is 134. The number of imidazole rings is 1. The number of aryl methyl sites for hydroxylation is 1. The van der Waals surface area contributed by atoms with Crippen LogP contribution in [-0.2, 0) is 637 Å². The van der Waals surface area contributed by atoms with Crippen LogP contribution < -0.4 is 0 Å². The number of fused-ring (bicyclic) bond motifs is 3. The Morgan fingerprint density at radius 3 is 0.667 bits per heavy atom. The van der Waals surface area contributed by atoms with Gasteiger partial charge in [0.05, 0.1) is 16.6 Å². The number of halogens is 1. The fourth-order valence-corrected chi connectivity index (χ4v) is 185. The van der Waals surface area contributed by atoms with Gasteiger partial charge < -0.3 is 0 Å². The van der Waals surface area contributed by atoms with Gasteiger partial charge in [0.1, 0.15) is 16.1 Å². The van der Waals surface area contributed by atoms with Crippen LogP contribution >= 0.6 is 15.9 Å². The second kappa shape index (κ2) is 77.2. The zero-order valence-electron chi connectivity index (χ0n) is 43.4. The molecule has 0 atom stereocenters. The molecule has 0 saturated heterocycles. The summed E-state index contributed by atoms with van der Waals surface area (Å²) < 4.78 is 3.09. The number of rotatable bonds is 0. The van der Waals surface area contributed by atoms with Crippen molar-refractivity contribution < 1.29 is 0 Å². The van der Waals surface area contributed by atoms with Gasteiger partial charge in [-0.3, -0.25) is 4.40 Å². The van der Waals surface area contributed by atoms with Crippen molar-refractivity contribution in [1.29, 1.82) is 0 Å². The van der Waals surface area contributed by atoms with Gasteiger partial charge in [-0.15, -0.1) is 0 Å². The fraction of sp³-hybridized carbons (Fsp3) is 0.500. The lowest BCUT2D eigenvalue weighted by Gasteiger charge is -2.23. The first-order chi connectivity index (χ1) is 45.4. The van der Waals surface area contributed by atoms with E-state index in [0.29, 0.717) is 0 Å². The quantitative estimate of drug-likeness (QED) is 0.325. The molecular weight excluding hydrogens is 2600 g/mol. The van der Waals surface area contributed by atoms with E-state index >= 15 is 0 Å². The molecule has 3 heterocycles. The van der Waals surface area contributed by atoms with Crippen LogP contribution in [0.3, 0.4) is 0 Å². The number of hydrogen-bond donors (Lipinski definition) is 0. The molecule has 3 aromatic rings. The standard InChI is InChI=1S/C18H23BrN4.S70/c1-10-14(19)22-15-11-9-20-16(18(5,6)7)21-12(11)8-13(23(10)15)17(2,3)4;1-3-5-7-9-11-13-15-17-19-21-23-25-27-29-31-33-35-37-39-41-43-45-47-49-51-53-55-57-59-61-63-65-67-69-70-68-66-64-62-60-58-56-54-52-50-48-46-44-42-40-38-36-34-32-30-28-26-24-22-20-18-16-14-12-10-8-6-4-2/h8-9H,1-7H3;. The average Bonchev–Trinajstić information content (AvgIpc) is 1.68. The molecule has 0 aliphatic carbocycles. The summed E-state index contributed by atoms with van der Waals surface area (Å²) in [6.07, 6.45) is 1.91. The summed E-state index contributed by atoms with van der Waals surface area (Å²) in [6.45, 7) is 15.1. The van der Waals surface area contributed by atoms with E-state index in [2.05, 4.69) is 79.8 Å². The monoisotopic (exact) mass is 2610 g/mol. The minimum absolute atomic E-state index is 0.00974. The van der Waals surface area contributed by atoms with Gasteiger partial charge in [0.25, 0.3) is 0 Å². The van der Waals surface area contributed by atoms with Gasteiger partial charge in [0.15, 0.2) is 0 Å². The van der Waals surface area contributed by atoms with Gasteiger partial charge in [-0.25, -0.2) is 15.0 Å². The van der Waals surface area contributed by atoms with Crippen molar-refractivity contribution in [1.82, 2.24) is 19.4 Å². The van der Waals surface area contributed by atoms with E-state index in [9.17, 15) is 0 Å². The summed E-state index contributed by atoms with van der Waals surface area (Å²) in [4.78, 5) is 14.1. The van der Waals surface area contributed by atoms with E-state index in [1.807, 2.05) is 486 Å². The first-order valence-corrected chi connectivity index (χ1v) is 112. The Kier molecular flexibility index (Phi) is 85.4. The van der Waals surface area contributed by atoms with Gasteiger partial charge in [-0.1, -0.05) is 41.5 Å². The number of hydrogen-bond acceptors (Lipinski definition) is 5. The Bertz CT molecular complexity index is 6420. The third kappa shape index (κ3) is 63.8. The van der Waals surface area contributed by atoms with Gasteiger partial charge in [0, 0.05) is 649 Å². The molecule has 0 fully saturated rings. The number of nitrogens with zero attached hydrogens (tertiary/aromatic N) is 4. The minimum atomic E-state index is -0.0753. The van der Waals surface area contributed by atoms with Crippen molar-refractivity contribution in [2.24, 2.45) is 0 Å². The van der Waals surface area contributed by atoms with E-state index < -0.39 is 0 Å². The zero-order valence-corrected chi connectivity index (χ0v) is 102. The van der Waals surface area contributed by atoms with Crippen molar-refractivity contribution >= 4 is 659 Å². The summed E-state index contributed by atoms with van der Waals surface area (Å²) in [7, 11) is 122. The van der Waals surface area contributed by atoms with Crippen molar-refractivity contribution in [3.63, 3.8) is 0 Å². The fourth-order valence-electron chi connectivity index (χ4n) is 3.48. The van der Waals surface area contributed by atoms with Gasteiger partial charge in [-0.2, -0.15) is 0 Å². The van der Waals surface area contributed by atoms with Crippen molar-refractivity contribution in [3.8, 4) is 0 Å². The van der Waals surface area contributed by atoms with E-state index in [4.69, 9.17) is 32.3 Å². The second-order valence-electron chi connectivity index (χ2n) is 12.8. The molecule has 93 heavy (non-hydrogen) atoms. The summed E-state index contributed by atoms with van der Waals surface area (Å²) in [5.41, 5.74) is 4.09. The van der Waals surface area contributed by atoms with Gasteiger partial charge >= 0.3 is 0 Å². The van der Waals surface area contributed by atoms with Crippen molar-refractivity contribution in [3.05, 3.63) is 34.1 Å². The smallest absolute Gasteiger partial charge is 0.149 e. The molecule has 3 aromatic heterocycles. The SMILES string of the molecule is Cc1c(Br)nc2c3cnc(C(C)(C)C)nc3cc(C(C)(C)C)n12.S=S=S=S=S=S=S=S=S=S=S=S=S=S=S=S=S=S=S=S=S=S=S=S=S=S=S=S=S=S=S=S=S=S=S=S=S=S=S=S=S=S=S=S=S=S=S=S=S=S=S=S=S=S=S=S=S=S=S=S=S=S=S=S=S=S=S=S=S=S. The normalized spacial score (nSPS) is 9.16. The highest BCUT2D eigenvalue weighted by atomic mass is 79.9. The molecule has 0 N–H and O–H groups in total. The van der Waals surface area contributed by atoms with Crippen LogP contribution in [0.1, 0.15) is 58.8 Å². The largest absolute Gasteiger partial charge is 0.299 e. The lowest BCUT2D eigenvalue weighted by atomic mass is 9.90. The first kappa shape index (κ1) is 103. The molecule has 0 spiro atoms. The lowest BCUT2D eigenvalue weighted by molar-refractivity contribution is 0.546. The molecule has 542 valence electrons. The Morgan fingerprint density at radius 1 is 0.301 bits per heavy atom. The van der Waals surface area contributed by atoms with Crippen molar-refractivity contribution in [2.75, 3.05) is 0 Å². The number of aromatic nitrogens is 4. The van der Waals surface area contributed by atoms with Crippen LogP contribution in [0.2, 0.25) is 0 Å². The average molecular weight is 2620 g/mol. The topological polar surface area (TPSA) is 43.1 Å². The minimum Gasteiger partial charge on any atom is -0.299 e. The van der Waals surface area contributed by atoms with E-state index in [0.717, 1.165) is 32.7 Å². The molecular formula is C18H23BrN4S70. The molecule has 0 amide bonds. The maximum atomic E-state index is 4.83. The molecule has 0 unspecified atom stereocenters. The third-order valence-electron chi connectivity index (χ3n) is 5.92.